The molecule has 37 heavy (non-hydrogen) atoms. The molecule has 3 rings (SSSR count). The molecule has 1 heterocycles. The molecule has 0 radical (unpaired) electrons. The fourth-order valence-corrected chi connectivity index (χ4v) is 3.55. The van der Waals surface area contributed by atoms with Crippen LogP contribution < -0.4 is 14.8 Å². The summed E-state index contributed by atoms with van der Waals surface area (Å²) in [6.45, 7) is 10.3. The number of carbonyl (C=O) groups excluding carboxylic acids is 2. The van der Waals surface area contributed by atoms with Crippen molar-refractivity contribution in [1.82, 2.24) is 0 Å². The summed E-state index contributed by atoms with van der Waals surface area (Å²) in [6, 6.07) is 10.8. The number of benzene rings is 2. The molecule has 1 aromatic heterocycles. The number of carbonyl (C=O) groups is 2. The van der Waals surface area contributed by atoms with Crippen LogP contribution in [0.4, 0.5) is 19.7 Å². The standard InChI is InChI=1S/C28H30FNO6S/c1-27(2,3)35-25(31)30-20-10-12-22(21(29)16-20)33-23-11-9-18(7-8-19-13-14-37-17-19)15-24(23)34-26(32)36-28(4,5)6/h7-17H,1-6H3,(H,30,31). The first-order valence-electron chi connectivity index (χ1n) is 11.5. The summed E-state index contributed by atoms with van der Waals surface area (Å²) in [5, 5.41) is 6.44. The number of thiophene rings is 1. The summed E-state index contributed by atoms with van der Waals surface area (Å²) in [5.41, 5.74) is 0.494. The molecule has 0 bridgehead atoms. The van der Waals surface area contributed by atoms with E-state index >= 15 is 0 Å². The molecular weight excluding hydrogens is 497 g/mol. The first kappa shape index (κ1) is 27.7. The van der Waals surface area contributed by atoms with E-state index in [9.17, 15) is 14.0 Å². The summed E-state index contributed by atoms with van der Waals surface area (Å²) in [7, 11) is 0. The Morgan fingerprint density at radius 1 is 0.838 bits per heavy atom. The number of anilines is 1. The highest BCUT2D eigenvalue weighted by Gasteiger charge is 2.21. The van der Waals surface area contributed by atoms with Gasteiger partial charge in [-0.05, 0) is 93.8 Å². The van der Waals surface area contributed by atoms with E-state index in [4.69, 9.17) is 18.9 Å². The van der Waals surface area contributed by atoms with Crippen LogP contribution in [0.3, 0.4) is 0 Å². The number of rotatable bonds is 6. The molecule has 2 aromatic carbocycles. The Balaban J connectivity index is 1.83. The van der Waals surface area contributed by atoms with Gasteiger partial charge in [-0.15, -0.1) is 0 Å². The Hall–Kier alpha value is -3.85. The minimum Gasteiger partial charge on any atom is -0.450 e. The van der Waals surface area contributed by atoms with Gasteiger partial charge in [0.2, 0.25) is 0 Å². The Kier molecular flexibility index (Phi) is 8.60. The van der Waals surface area contributed by atoms with Gasteiger partial charge in [0, 0.05) is 11.8 Å². The van der Waals surface area contributed by atoms with Gasteiger partial charge in [-0.1, -0.05) is 18.2 Å². The second-order valence-electron chi connectivity index (χ2n) is 10.0. The predicted octanol–water partition coefficient (Wildman–Crippen LogP) is 8.51. The van der Waals surface area contributed by atoms with Crippen LogP contribution in [0.2, 0.25) is 0 Å². The molecule has 0 atom stereocenters. The maximum Gasteiger partial charge on any atom is 0.514 e. The van der Waals surface area contributed by atoms with Crippen molar-refractivity contribution in [3.63, 3.8) is 0 Å². The Morgan fingerprint density at radius 3 is 2.14 bits per heavy atom. The van der Waals surface area contributed by atoms with Gasteiger partial charge in [-0.3, -0.25) is 5.32 Å². The summed E-state index contributed by atoms with van der Waals surface area (Å²) in [4.78, 5) is 24.3. The molecule has 0 saturated heterocycles. The topological polar surface area (TPSA) is 83.1 Å². The smallest absolute Gasteiger partial charge is 0.450 e. The lowest BCUT2D eigenvalue weighted by Crippen LogP contribution is -2.27. The van der Waals surface area contributed by atoms with E-state index in [0.717, 1.165) is 17.2 Å². The van der Waals surface area contributed by atoms with E-state index in [0.29, 0.717) is 0 Å². The fraction of sp³-hybridized carbons (Fsp3) is 0.286. The van der Waals surface area contributed by atoms with Crippen molar-refractivity contribution in [1.29, 1.82) is 0 Å². The lowest BCUT2D eigenvalue weighted by molar-refractivity contribution is 0.0201. The lowest BCUT2D eigenvalue weighted by atomic mass is 10.1. The molecule has 1 N–H and O–H groups in total. The third-order valence-corrected chi connectivity index (χ3v) is 5.06. The lowest BCUT2D eigenvalue weighted by Gasteiger charge is -2.20. The van der Waals surface area contributed by atoms with Gasteiger partial charge in [0.1, 0.15) is 11.2 Å². The van der Waals surface area contributed by atoms with Crippen LogP contribution in [-0.4, -0.2) is 23.5 Å². The Morgan fingerprint density at radius 2 is 1.51 bits per heavy atom. The van der Waals surface area contributed by atoms with Gasteiger partial charge in [-0.25, -0.2) is 14.0 Å². The summed E-state index contributed by atoms with van der Waals surface area (Å²) < 4.78 is 36.4. The minimum atomic E-state index is -0.923. The highest BCUT2D eigenvalue weighted by atomic mass is 32.1. The van der Waals surface area contributed by atoms with Crippen molar-refractivity contribution in [2.45, 2.75) is 52.7 Å². The van der Waals surface area contributed by atoms with Gasteiger partial charge in [0.15, 0.2) is 23.1 Å². The molecule has 0 saturated carbocycles. The molecule has 0 aliphatic heterocycles. The normalized spacial score (nSPS) is 11.8. The van der Waals surface area contributed by atoms with Crippen LogP contribution in [0.25, 0.3) is 12.2 Å². The largest absolute Gasteiger partial charge is 0.514 e. The Labute approximate surface area is 219 Å². The molecule has 0 aliphatic rings. The maximum absolute atomic E-state index is 14.8. The number of hydrogen-bond donors (Lipinski definition) is 1. The van der Waals surface area contributed by atoms with E-state index in [1.54, 1.807) is 71.1 Å². The summed E-state index contributed by atoms with van der Waals surface area (Å²) >= 11 is 1.58. The first-order valence-corrected chi connectivity index (χ1v) is 12.4. The molecule has 0 spiro atoms. The number of hydrogen-bond acceptors (Lipinski definition) is 7. The van der Waals surface area contributed by atoms with Crippen LogP contribution >= 0.6 is 11.3 Å². The second-order valence-corrected chi connectivity index (χ2v) is 10.8. The van der Waals surface area contributed by atoms with Crippen molar-refractivity contribution in [3.8, 4) is 17.2 Å². The Bertz CT molecular complexity index is 1270. The minimum absolute atomic E-state index is 0.0528. The van der Waals surface area contributed by atoms with Crippen LogP contribution in [0, 0.1) is 5.82 Å². The molecule has 9 heteroatoms. The van der Waals surface area contributed by atoms with Crippen molar-refractivity contribution >= 4 is 41.4 Å². The van der Waals surface area contributed by atoms with Crippen LogP contribution in [0.5, 0.6) is 17.2 Å². The highest BCUT2D eigenvalue weighted by Crippen LogP contribution is 2.35. The van der Waals surface area contributed by atoms with Crippen LogP contribution in [0.1, 0.15) is 52.7 Å². The van der Waals surface area contributed by atoms with Gasteiger partial charge >= 0.3 is 12.2 Å². The van der Waals surface area contributed by atoms with E-state index in [2.05, 4.69) is 5.32 Å². The molecule has 196 valence electrons. The van der Waals surface area contributed by atoms with Crippen LogP contribution in [-0.2, 0) is 9.47 Å². The third kappa shape index (κ3) is 9.27. The molecule has 7 nitrogen and oxygen atoms in total. The molecule has 0 aliphatic carbocycles. The van der Waals surface area contributed by atoms with Crippen molar-refractivity contribution < 1.29 is 32.9 Å². The van der Waals surface area contributed by atoms with Crippen LogP contribution in [0.15, 0.2) is 53.2 Å². The van der Waals surface area contributed by atoms with E-state index in [1.165, 1.54) is 12.1 Å². The number of ether oxygens (including phenoxy) is 4. The van der Waals surface area contributed by atoms with Crippen molar-refractivity contribution in [3.05, 3.63) is 70.2 Å². The molecule has 0 fully saturated rings. The molecule has 0 unspecified atom stereocenters. The summed E-state index contributed by atoms with van der Waals surface area (Å²) in [6.07, 6.45) is 2.14. The van der Waals surface area contributed by atoms with E-state index in [-0.39, 0.29) is 22.9 Å². The van der Waals surface area contributed by atoms with Crippen molar-refractivity contribution in [2.24, 2.45) is 0 Å². The average Bonchev–Trinajstić information content (AvgIpc) is 3.26. The zero-order valence-corrected chi connectivity index (χ0v) is 22.4. The predicted molar refractivity (Wildman–Crippen MR) is 143 cm³/mol. The monoisotopic (exact) mass is 527 g/mol. The maximum atomic E-state index is 14.8. The zero-order valence-electron chi connectivity index (χ0n) is 21.6. The fourth-order valence-electron chi connectivity index (χ4n) is 2.92. The zero-order chi connectivity index (χ0) is 27.2. The first-order chi connectivity index (χ1) is 17.3. The van der Waals surface area contributed by atoms with Gasteiger partial charge in [0.25, 0.3) is 0 Å². The van der Waals surface area contributed by atoms with E-state index < -0.39 is 29.3 Å². The molecule has 1 amide bonds. The quantitative estimate of drug-likeness (QED) is 0.256. The van der Waals surface area contributed by atoms with Gasteiger partial charge in [-0.2, -0.15) is 11.3 Å². The molecule has 3 aromatic rings. The number of halogens is 1. The van der Waals surface area contributed by atoms with Crippen molar-refractivity contribution in [2.75, 3.05) is 5.32 Å². The average molecular weight is 528 g/mol. The molecular formula is C28H30FNO6S. The summed E-state index contributed by atoms with van der Waals surface area (Å²) in [5.74, 6) is -0.717. The highest BCUT2D eigenvalue weighted by molar-refractivity contribution is 7.08. The number of amides is 1. The third-order valence-electron chi connectivity index (χ3n) is 4.36. The SMILES string of the molecule is CC(C)(C)OC(=O)Nc1ccc(Oc2ccc(C=Cc3ccsc3)cc2OC(=O)OC(C)(C)C)c(F)c1. The van der Waals surface area contributed by atoms with Gasteiger partial charge in [0.05, 0.1) is 0 Å². The van der Waals surface area contributed by atoms with Gasteiger partial charge < -0.3 is 18.9 Å². The number of nitrogens with one attached hydrogen (secondary N) is 1. The van der Waals surface area contributed by atoms with E-state index in [1.807, 2.05) is 29.0 Å². The second kappa shape index (κ2) is 11.5.